The summed E-state index contributed by atoms with van der Waals surface area (Å²) in [5.41, 5.74) is 5.29. The molecule has 0 bridgehead atoms. The van der Waals surface area contributed by atoms with Crippen molar-refractivity contribution in [2.45, 2.75) is 18.9 Å². The summed E-state index contributed by atoms with van der Waals surface area (Å²) in [4.78, 5) is 30.9. The van der Waals surface area contributed by atoms with Crippen LogP contribution >= 0.6 is 22.7 Å². The SMILES string of the molecule is O=c1c(=Cc2ccc([N+](=O)[O-])cc2)sc2n1C(c1cccs1)C1=C(N=2)c2ccccc2CC1. The summed E-state index contributed by atoms with van der Waals surface area (Å²) in [6, 6.07) is 18.5. The van der Waals surface area contributed by atoms with Crippen LogP contribution in [0.5, 0.6) is 0 Å². The van der Waals surface area contributed by atoms with Crippen molar-refractivity contribution in [3.63, 3.8) is 0 Å². The Hall–Kier alpha value is -3.62. The van der Waals surface area contributed by atoms with E-state index in [0.29, 0.717) is 9.33 Å². The van der Waals surface area contributed by atoms with Gasteiger partial charge in [0.05, 0.1) is 21.2 Å². The first kappa shape index (κ1) is 20.0. The molecule has 6 nitrogen and oxygen atoms in total. The Balaban J connectivity index is 1.57. The number of benzene rings is 2. The number of nitro groups is 1. The van der Waals surface area contributed by atoms with Gasteiger partial charge in [-0.1, -0.05) is 41.7 Å². The van der Waals surface area contributed by atoms with Gasteiger partial charge in [-0.05, 0) is 59.2 Å². The Kier molecular flexibility index (Phi) is 4.70. The first-order chi connectivity index (χ1) is 16.1. The summed E-state index contributed by atoms with van der Waals surface area (Å²) in [7, 11) is 0. The maximum atomic E-state index is 13.6. The van der Waals surface area contributed by atoms with E-state index in [9.17, 15) is 14.9 Å². The van der Waals surface area contributed by atoms with Crippen LogP contribution in [0.2, 0.25) is 0 Å². The summed E-state index contributed by atoms with van der Waals surface area (Å²) in [5.74, 6) is 0. The first-order valence-corrected chi connectivity index (χ1v) is 12.2. The number of hydrogen-bond acceptors (Lipinski definition) is 6. The van der Waals surface area contributed by atoms with Crippen molar-refractivity contribution in [1.29, 1.82) is 0 Å². The monoisotopic (exact) mass is 471 g/mol. The normalized spacial score (nSPS) is 17.2. The van der Waals surface area contributed by atoms with Gasteiger partial charge in [-0.25, -0.2) is 4.99 Å². The number of aromatic nitrogens is 1. The molecule has 0 fully saturated rings. The smallest absolute Gasteiger partial charge is 0.271 e. The van der Waals surface area contributed by atoms with Crippen molar-refractivity contribution < 1.29 is 4.92 Å². The predicted octanol–water partition coefficient (Wildman–Crippen LogP) is 4.29. The number of nitrogens with zero attached hydrogens (tertiary/aromatic N) is 3. The highest BCUT2D eigenvalue weighted by Crippen LogP contribution is 2.42. The number of aryl methyl sites for hydroxylation is 1. The second-order valence-electron chi connectivity index (χ2n) is 7.98. The zero-order valence-electron chi connectivity index (χ0n) is 17.3. The van der Waals surface area contributed by atoms with Crippen LogP contribution in [0.25, 0.3) is 11.8 Å². The highest BCUT2D eigenvalue weighted by Gasteiger charge is 2.32. The van der Waals surface area contributed by atoms with Crippen molar-refractivity contribution in [3.05, 3.63) is 123 Å². The van der Waals surface area contributed by atoms with Gasteiger partial charge in [0, 0.05) is 22.6 Å². The Morgan fingerprint density at radius 1 is 1.06 bits per heavy atom. The average Bonchev–Trinajstić information content (AvgIpc) is 3.47. The van der Waals surface area contributed by atoms with Gasteiger partial charge < -0.3 is 0 Å². The Bertz CT molecular complexity index is 1610. The standard InChI is InChI=1S/C25H17N3O3S2/c29-24-21(14-15-7-10-17(11-8-15)28(30)31)33-25-26-22-18-5-2-1-4-16(18)9-12-19(22)23(27(24)25)20-6-3-13-32-20/h1-8,10-11,13-14,23H,9,12H2. The molecule has 2 aliphatic rings. The van der Waals surface area contributed by atoms with E-state index in [0.717, 1.165) is 34.5 Å². The predicted molar refractivity (Wildman–Crippen MR) is 130 cm³/mol. The molecule has 1 aliphatic heterocycles. The molecule has 0 spiro atoms. The quantitative estimate of drug-likeness (QED) is 0.330. The largest absolute Gasteiger partial charge is 0.271 e. The number of non-ortho nitro benzene ring substituents is 1. The lowest BCUT2D eigenvalue weighted by Crippen LogP contribution is -2.38. The van der Waals surface area contributed by atoms with Gasteiger partial charge in [0.15, 0.2) is 4.80 Å². The molecule has 6 rings (SSSR count). The third-order valence-electron chi connectivity index (χ3n) is 6.09. The van der Waals surface area contributed by atoms with Crippen LogP contribution in [0.1, 0.15) is 34.0 Å². The van der Waals surface area contributed by atoms with Crippen LogP contribution in [0.4, 0.5) is 5.69 Å². The van der Waals surface area contributed by atoms with E-state index < -0.39 is 4.92 Å². The molecule has 0 radical (unpaired) electrons. The van der Waals surface area contributed by atoms with E-state index >= 15 is 0 Å². The number of rotatable bonds is 3. The van der Waals surface area contributed by atoms with Gasteiger partial charge in [0.2, 0.25) is 0 Å². The molecule has 2 aromatic carbocycles. The topological polar surface area (TPSA) is 77.5 Å². The molecular weight excluding hydrogens is 454 g/mol. The lowest BCUT2D eigenvalue weighted by molar-refractivity contribution is -0.384. The van der Waals surface area contributed by atoms with Gasteiger partial charge >= 0.3 is 0 Å². The summed E-state index contributed by atoms with van der Waals surface area (Å²) in [6.07, 6.45) is 3.58. The maximum Gasteiger partial charge on any atom is 0.271 e. The molecular formula is C25H17N3O3S2. The van der Waals surface area contributed by atoms with Crippen LogP contribution in [0.3, 0.4) is 0 Å². The Labute approximate surface area is 196 Å². The van der Waals surface area contributed by atoms with E-state index in [1.807, 2.05) is 22.1 Å². The number of nitro benzene ring substituents is 1. The zero-order valence-corrected chi connectivity index (χ0v) is 18.9. The minimum atomic E-state index is -0.430. The summed E-state index contributed by atoms with van der Waals surface area (Å²) in [5, 5.41) is 13.0. The van der Waals surface area contributed by atoms with E-state index in [4.69, 9.17) is 4.99 Å². The van der Waals surface area contributed by atoms with Gasteiger partial charge in [0.25, 0.3) is 11.2 Å². The van der Waals surface area contributed by atoms with E-state index in [1.54, 1.807) is 29.5 Å². The molecule has 0 saturated heterocycles. The zero-order chi connectivity index (χ0) is 22.5. The minimum Gasteiger partial charge on any atom is -0.271 e. The van der Waals surface area contributed by atoms with Crippen molar-refractivity contribution >= 4 is 40.1 Å². The van der Waals surface area contributed by atoms with Crippen LogP contribution in [-0.4, -0.2) is 9.49 Å². The molecule has 0 saturated carbocycles. The van der Waals surface area contributed by atoms with Gasteiger partial charge in [-0.2, -0.15) is 0 Å². The second kappa shape index (κ2) is 7.75. The fourth-order valence-corrected chi connectivity index (χ4v) is 6.41. The summed E-state index contributed by atoms with van der Waals surface area (Å²) < 4.78 is 2.39. The second-order valence-corrected chi connectivity index (χ2v) is 9.97. The molecule has 3 heterocycles. The molecule has 0 N–H and O–H groups in total. The lowest BCUT2D eigenvalue weighted by Gasteiger charge is -2.30. The summed E-state index contributed by atoms with van der Waals surface area (Å²) in [6.45, 7) is 0. The average molecular weight is 472 g/mol. The van der Waals surface area contributed by atoms with Gasteiger partial charge in [-0.3, -0.25) is 19.5 Å². The van der Waals surface area contributed by atoms with Crippen LogP contribution in [0, 0.1) is 10.1 Å². The van der Waals surface area contributed by atoms with E-state index in [-0.39, 0.29) is 17.3 Å². The number of thiazole rings is 1. The fraction of sp³-hybridized carbons (Fsp3) is 0.120. The molecule has 8 heteroatoms. The van der Waals surface area contributed by atoms with Crippen LogP contribution < -0.4 is 14.9 Å². The molecule has 2 aromatic heterocycles. The first-order valence-electron chi connectivity index (χ1n) is 10.5. The van der Waals surface area contributed by atoms with Crippen LogP contribution in [-0.2, 0) is 6.42 Å². The molecule has 0 amide bonds. The van der Waals surface area contributed by atoms with Gasteiger partial charge in [0.1, 0.15) is 0 Å². The third kappa shape index (κ3) is 3.30. The molecule has 1 unspecified atom stereocenters. The van der Waals surface area contributed by atoms with E-state index in [2.05, 4.69) is 24.3 Å². The molecule has 1 aliphatic carbocycles. The molecule has 1 atom stereocenters. The lowest BCUT2D eigenvalue weighted by atomic mass is 9.85. The van der Waals surface area contributed by atoms with E-state index in [1.165, 1.54) is 34.6 Å². The molecule has 33 heavy (non-hydrogen) atoms. The highest BCUT2D eigenvalue weighted by atomic mass is 32.1. The van der Waals surface area contributed by atoms with Crippen LogP contribution in [0.15, 0.2) is 81.4 Å². The highest BCUT2D eigenvalue weighted by molar-refractivity contribution is 7.10. The fourth-order valence-electron chi connectivity index (χ4n) is 4.56. The molecule has 4 aromatic rings. The van der Waals surface area contributed by atoms with Gasteiger partial charge in [-0.15, -0.1) is 11.3 Å². The molecule has 162 valence electrons. The minimum absolute atomic E-state index is 0.0256. The Morgan fingerprint density at radius 2 is 1.88 bits per heavy atom. The Morgan fingerprint density at radius 3 is 2.64 bits per heavy atom. The number of fused-ring (bicyclic) bond motifs is 3. The van der Waals surface area contributed by atoms with Crippen molar-refractivity contribution in [1.82, 2.24) is 4.57 Å². The summed E-state index contributed by atoms with van der Waals surface area (Å²) >= 11 is 3.01. The number of thiophene rings is 1. The third-order valence-corrected chi connectivity index (χ3v) is 7.99. The van der Waals surface area contributed by atoms with Crippen molar-refractivity contribution in [2.75, 3.05) is 0 Å². The number of allylic oxidation sites excluding steroid dienone is 1. The maximum absolute atomic E-state index is 13.6. The van der Waals surface area contributed by atoms with Crippen molar-refractivity contribution in [2.24, 2.45) is 4.99 Å². The number of hydrogen-bond donors (Lipinski definition) is 0. The van der Waals surface area contributed by atoms with Crippen molar-refractivity contribution in [3.8, 4) is 0 Å².